The average Bonchev–Trinajstić information content (AvgIpc) is 2.59. The normalized spacial score (nSPS) is 10.5. The fourth-order valence-electron chi connectivity index (χ4n) is 2.29. The van der Waals surface area contributed by atoms with E-state index in [2.05, 4.69) is 19.2 Å². The number of nitrogens with one attached hydrogen (secondary N) is 1. The molecule has 2 aromatic carbocycles. The lowest BCUT2D eigenvalue weighted by molar-refractivity contribution is -0.135. The first-order chi connectivity index (χ1) is 12.3. The topological polar surface area (TPSA) is 58.6 Å². The van der Waals surface area contributed by atoms with Crippen LogP contribution >= 0.6 is 0 Å². The van der Waals surface area contributed by atoms with Crippen molar-refractivity contribution in [3.05, 3.63) is 59.9 Å². The van der Waals surface area contributed by atoms with Crippen LogP contribution in [0.1, 0.15) is 25.3 Å². The van der Waals surface area contributed by atoms with E-state index < -0.39 is 11.7 Å². The highest BCUT2D eigenvalue weighted by Crippen LogP contribution is 2.20. The number of hydrogen-bond acceptors (Lipinski definition) is 3. The molecule has 0 bridgehead atoms. The summed E-state index contributed by atoms with van der Waals surface area (Å²) in [6.07, 6.45) is 0. The van der Waals surface area contributed by atoms with Gasteiger partial charge in [0.15, 0.2) is 6.61 Å². The van der Waals surface area contributed by atoms with Gasteiger partial charge in [0.05, 0.1) is 6.54 Å². The van der Waals surface area contributed by atoms with E-state index in [9.17, 15) is 14.0 Å². The summed E-state index contributed by atoms with van der Waals surface area (Å²) in [4.78, 5) is 25.4. The summed E-state index contributed by atoms with van der Waals surface area (Å²) in [5.41, 5.74) is 1.47. The van der Waals surface area contributed by atoms with E-state index in [1.165, 1.54) is 30.1 Å². The molecule has 0 radical (unpaired) electrons. The van der Waals surface area contributed by atoms with Gasteiger partial charge in [-0.25, -0.2) is 4.39 Å². The van der Waals surface area contributed by atoms with Crippen LogP contribution in [0.4, 0.5) is 10.1 Å². The summed E-state index contributed by atoms with van der Waals surface area (Å²) in [7, 11) is 1.52. The Labute approximate surface area is 152 Å². The lowest BCUT2D eigenvalue weighted by atomic mass is 10.0. The van der Waals surface area contributed by atoms with E-state index >= 15 is 0 Å². The molecule has 0 aliphatic carbocycles. The average molecular weight is 358 g/mol. The summed E-state index contributed by atoms with van der Waals surface area (Å²) in [5, 5.41) is 2.55. The monoisotopic (exact) mass is 358 g/mol. The predicted octanol–water partition coefficient (Wildman–Crippen LogP) is 3.43. The van der Waals surface area contributed by atoms with Gasteiger partial charge in [0.25, 0.3) is 5.91 Å². The van der Waals surface area contributed by atoms with Crippen molar-refractivity contribution < 1.29 is 18.7 Å². The van der Waals surface area contributed by atoms with Gasteiger partial charge in [-0.2, -0.15) is 0 Å². The molecular formula is C20H23FN2O3. The van der Waals surface area contributed by atoms with E-state index in [0.717, 1.165) is 5.56 Å². The summed E-state index contributed by atoms with van der Waals surface area (Å²) in [6, 6.07) is 13.1. The molecule has 0 spiro atoms. The number of benzene rings is 2. The van der Waals surface area contributed by atoms with Gasteiger partial charge < -0.3 is 15.0 Å². The number of anilines is 1. The second kappa shape index (κ2) is 8.99. The van der Waals surface area contributed by atoms with Crippen molar-refractivity contribution in [2.45, 2.75) is 19.8 Å². The van der Waals surface area contributed by atoms with Crippen LogP contribution in [0.5, 0.6) is 5.75 Å². The zero-order chi connectivity index (χ0) is 19.1. The zero-order valence-corrected chi connectivity index (χ0v) is 15.2. The van der Waals surface area contributed by atoms with Crippen molar-refractivity contribution in [3.63, 3.8) is 0 Å². The third-order valence-corrected chi connectivity index (χ3v) is 3.80. The van der Waals surface area contributed by atoms with Gasteiger partial charge in [-0.15, -0.1) is 0 Å². The zero-order valence-electron chi connectivity index (χ0n) is 15.2. The lowest BCUT2D eigenvalue weighted by Crippen LogP contribution is -2.37. The quantitative estimate of drug-likeness (QED) is 0.825. The molecule has 0 unspecified atom stereocenters. The minimum atomic E-state index is -0.441. The first kappa shape index (κ1) is 19.4. The molecule has 1 N–H and O–H groups in total. The number of hydrogen-bond donors (Lipinski definition) is 1. The Balaban J connectivity index is 1.83. The van der Waals surface area contributed by atoms with Gasteiger partial charge in [0.1, 0.15) is 11.6 Å². The van der Waals surface area contributed by atoms with Crippen LogP contribution in [0.3, 0.4) is 0 Å². The van der Waals surface area contributed by atoms with Crippen LogP contribution < -0.4 is 10.1 Å². The number of rotatable bonds is 7. The molecule has 0 atom stereocenters. The molecule has 0 saturated carbocycles. The van der Waals surface area contributed by atoms with Gasteiger partial charge in [-0.05, 0) is 41.8 Å². The molecule has 0 fully saturated rings. The molecule has 6 heteroatoms. The summed E-state index contributed by atoms with van der Waals surface area (Å²) < 4.78 is 18.6. The van der Waals surface area contributed by atoms with Gasteiger partial charge >= 0.3 is 0 Å². The van der Waals surface area contributed by atoms with E-state index in [1.54, 1.807) is 12.1 Å². The van der Waals surface area contributed by atoms with Gasteiger partial charge in [-0.1, -0.05) is 32.0 Å². The van der Waals surface area contributed by atoms with Crippen LogP contribution in [-0.2, 0) is 9.59 Å². The first-order valence-electron chi connectivity index (χ1n) is 8.37. The minimum Gasteiger partial charge on any atom is -0.484 e. The number of amides is 2. The highest BCUT2D eigenvalue weighted by atomic mass is 19.1. The standard InChI is InChI=1S/C20H23FN2O3/c1-14(2)15-6-4-9-18(10-15)26-13-20(25)23(3)12-19(24)22-17-8-5-7-16(21)11-17/h4-11,14H,12-13H2,1-3H3,(H,22,24). The fraction of sp³-hybridized carbons (Fsp3) is 0.300. The number of carbonyl (C=O) groups excluding carboxylic acids is 2. The molecule has 26 heavy (non-hydrogen) atoms. The number of likely N-dealkylation sites (N-methyl/N-ethyl adjacent to an activating group) is 1. The molecule has 138 valence electrons. The highest BCUT2D eigenvalue weighted by Gasteiger charge is 2.14. The Hall–Kier alpha value is -2.89. The van der Waals surface area contributed by atoms with Gasteiger partial charge in [0, 0.05) is 12.7 Å². The first-order valence-corrected chi connectivity index (χ1v) is 8.37. The van der Waals surface area contributed by atoms with Crippen molar-refractivity contribution in [2.24, 2.45) is 0 Å². The maximum atomic E-state index is 13.1. The van der Waals surface area contributed by atoms with Crippen LogP contribution in [0.25, 0.3) is 0 Å². The van der Waals surface area contributed by atoms with Crippen molar-refractivity contribution in [1.82, 2.24) is 4.90 Å². The highest BCUT2D eigenvalue weighted by molar-refractivity contribution is 5.94. The summed E-state index contributed by atoms with van der Waals surface area (Å²) in [6.45, 7) is 3.85. The SMILES string of the molecule is CC(C)c1cccc(OCC(=O)N(C)CC(=O)Nc2cccc(F)c2)c1. The van der Waals surface area contributed by atoms with Crippen LogP contribution in [-0.4, -0.2) is 36.9 Å². The number of ether oxygens (including phenoxy) is 1. The molecule has 2 rings (SSSR count). The fourth-order valence-corrected chi connectivity index (χ4v) is 2.29. The second-order valence-corrected chi connectivity index (χ2v) is 6.32. The predicted molar refractivity (Wildman–Crippen MR) is 98.7 cm³/mol. The summed E-state index contributed by atoms with van der Waals surface area (Å²) >= 11 is 0. The Morgan fingerprint density at radius 2 is 1.88 bits per heavy atom. The van der Waals surface area contributed by atoms with Crippen LogP contribution in [0, 0.1) is 5.82 Å². The molecule has 0 aliphatic rings. The number of nitrogens with zero attached hydrogens (tertiary/aromatic N) is 1. The Morgan fingerprint density at radius 3 is 2.58 bits per heavy atom. The lowest BCUT2D eigenvalue weighted by Gasteiger charge is -2.17. The molecule has 0 heterocycles. The van der Waals surface area contributed by atoms with E-state index in [0.29, 0.717) is 17.4 Å². The maximum Gasteiger partial charge on any atom is 0.260 e. The molecular weight excluding hydrogens is 335 g/mol. The smallest absolute Gasteiger partial charge is 0.260 e. The Morgan fingerprint density at radius 1 is 1.15 bits per heavy atom. The molecule has 0 aliphatic heterocycles. The molecule has 5 nitrogen and oxygen atoms in total. The third kappa shape index (κ3) is 5.88. The second-order valence-electron chi connectivity index (χ2n) is 6.32. The third-order valence-electron chi connectivity index (χ3n) is 3.80. The van der Waals surface area contributed by atoms with Crippen LogP contribution in [0.15, 0.2) is 48.5 Å². The van der Waals surface area contributed by atoms with Crippen molar-refractivity contribution in [1.29, 1.82) is 0 Å². The number of carbonyl (C=O) groups is 2. The number of halogens is 1. The van der Waals surface area contributed by atoms with Crippen LogP contribution in [0.2, 0.25) is 0 Å². The van der Waals surface area contributed by atoms with Crippen molar-refractivity contribution in [3.8, 4) is 5.75 Å². The summed E-state index contributed by atoms with van der Waals surface area (Å²) in [5.74, 6) is -0.197. The largest absolute Gasteiger partial charge is 0.484 e. The van der Waals surface area contributed by atoms with E-state index in [-0.39, 0.29) is 19.1 Å². The molecule has 2 aromatic rings. The minimum absolute atomic E-state index is 0.148. The van der Waals surface area contributed by atoms with Crippen molar-refractivity contribution in [2.75, 3.05) is 25.5 Å². The Kier molecular flexibility index (Phi) is 6.72. The Bertz CT molecular complexity index is 777. The van der Waals surface area contributed by atoms with E-state index in [1.807, 2.05) is 18.2 Å². The van der Waals surface area contributed by atoms with Crippen molar-refractivity contribution >= 4 is 17.5 Å². The van der Waals surface area contributed by atoms with Gasteiger partial charge in [-0.3, -0.25) is 9.59 Å². The molecule has 0 aromatic heterocycles. The van der Waals surface area contributed by atoms with E-state index in [4.69, 9.17) is 4.74 Å². The van der Waals surface area contributed by atoms with Gasteiger partial charge in [0.2, 0.25) is 5.91 Å². The molecule has 0 saturated heterocycles. The maximum absolute atomic E-state index is 13.1. The molecule has 2 amide bonds.